The Bertz CT molecular complexity index is 2520. The molecule has 0 atom stereocenters. The number of alkyl halides is 63. The van der Waals surface area contributed by atoms with E-state index in [-0.39, 0.29) is 0 Å². The van der Waals surface area contributed by atoms with E-state index in [0.717, 1.165) is 0 Å². The predicted octanol–water partition coefficient (Wildman–Crippen LogP) is 22.5. The lowest BCUT2D eigenvalue weighted by Crippen LogP contribution is -2.76. The van der Waals surface area contributed by atoms with Crippen LogP contribution in [0.5, 0.6) is 0 Å². The van der Waals surface area contributed by atoms with E-state index in [0.29, 0.717) is 0 Å². The molecule has 0 saturated carbocycles. The Morgan fingerprint density at radius 3 is 0.280 bits per heavy atom. The molecule has 0 aromatic rings. The Kier molecular flexibility index (Phi) is 23.6. The van der Waals surface area contributed by atoms with Gasteiger partial charge in [0, 0.05) is 19.3 Å². The summed E-state index contributed by atoms with van der Waals surface area (Å²) in [5, 5.41) is 0. The molecule has 0 aromatic carbocycles. The Morgan fingerprint density at radius 2 is 0.190 bits per heavy atom. The summed E-state index contributed by atoms with van der Waals surface area (Å²) in [4.78, 5) is 0. The van der Waals surface area contributed by atoms with Crippen LogP contribution in [-0.4, -0.2) is 197 Å². The first-order valence-electron chi connectivity index (χ1n) is 22.2. The van der Waals surface area contributed by atoms with E-state index < -0.39 is 224 Å². The van der Waals surface area contributed by atoms with Crippen molar-refractivity contribution in [2.45, 2.75) is 198 Å². The van der Waals surface area contributed by atoms with E-state index in [1.54, 1.807) is 0 Å². The molecule has 0 aliphatic rings. The van der Waals surface area contributed by atoms with Crippen LogP contribution in [0.2, 0.25) is 0 Å². The van der Waals surface area contributed by atoms with Crippen LogP contribution in [0.1, 0.15) is 19.3 Å². The molecular weight excluding hydrogens is 1660 g/mol. The molecule has 0 aromatic heterocycles. The topological polar surface area (TPSA) is 0 Å². The summed E-state index contributed by atoms with van der Waals surface area (Å²) in [7, 11) is -5.94. The molecule has 100 heavy (non-hydrogen) atoms. The molecule has 64 heteroatoms. The van der Waals surface area contributed by atoms with Crippen LogP contribution in [0.15, 0.2) is 0 Å². The van der Waals surface area contributed by atoms with Crippen molar-refractivity contribution in [2.24, 2.45) is 0 Å². The molecule has 0 amide bonds. The fourth-order valence-corrected chi connectivity index (χ4v) is 8.94. The second-order valence-corrected chi connectivity index (χ2v) is 22.2. The van der Waals surface area contributed by atoms with Gasteiger partial charge in [-0.15, -0.1) is 7.92 Å². The van der Waals surface area contributed by atoms with E-state index >= 15 is 0 Å². The maximum absolute atomic E-state index is 14.8. The predicted molar refractivity (Wildman–Crippen MR) is 187 cm³/mol. The van der Waals surface area contributed by atoms with Gasteiger partial charge in [-0.05, 0) is 18.5 Å². The highest BCUT2D eigenvalue weighted by Gasteiger charge is 3.02. The standard InChI is InChI=1S/C36H12F63P/c37-7(38,10(43,44)13(49,50)16(55,56)19(61,62)22(67,68)25(73,74)28(79,80)31(85,86)34(91,92)93)1-4-100(5-2-8(39,40)11(45,46)14(51,52)17(57,58)20(63,64)23(69,70)26(75,76)29(81,82)32(87,88)35(94,95)96)6-3-9(41,42)12(47,48)15(53,54)18(59,60)21(65,66)24(71,72)27(77,78)30(83,84)33(89,90)36(97,98)99/h1-6H2. The first-order valence-corrected chi connectivity index (χ1v) is 24.1. The van der Waals surface area contributed by atoms with Crippen LogP contribution >= 0.6 is 7.92 Å². The maximum Gasteiger partial charge on any atom is 0.460 e. The summed E-state index contributed by atoms with van der Waals surface area (Å²) in [5.41, 5.74) is 0. The smallest absolute Gasteiger partial charge is 0.200 e. The third kappa shape index (κ3) is 12.3. The molecule has 0 aliphatic carbocycles. The van der Waals surface area contributed by atoms with Crippen molar-refractivity contribution in [2.75, 3.05) is 18.5 Å². The van der Waals surface area contributed by atoms with Gasteiger partial charge in [0.1, 0.15) is 0 Å². The van der Waals surface area contributed by atoms with Gasteiger partial charge in [0.15, 0.2) is 0 Å². The fourth-order valence-electron chi connectivity index (χ4n) is 6.47. The Hall–Kier alpha value is -3.98. The molecule has 602 valence electrons. The molecule has 0 saturated heterocycles. The second kappa shape index (κ2) is 24.5. The SMILES string of the molecule is FC(F)(F)C(F)(F)C(F)(F)C(F)(F)C(F)(F)C(F)(F)C(F)(F)C(F)(F)C(F)(F)C(F)(F)CCP(CCC(F)(F)C(F)(F)C(F)(F)C(F)(F)C(F)(F)C(F)(F)C(F)(F)C(F)(F)C(F)(F)C(F)(F)F)CCC(F)(F)C(F)(F)C(F)(F)C(F)(F)C(F)(F)C(F)(F)C(F)(F)C(F)(F)C(F)(F)C(F)(F)F. The van der Waals surface area contributed by atoms with Gasteiger partial charge in [-0.25, -0.2) is 0 Å². The zero-order valence-electron chi connectivity index (χ0n) is 43.5. The number of hydrogen-bond donors (Lipinski definition) is 0. The molecule has 0 rings (SSSR count). The average Bonchev–Trinajstić information content (AvgIpc) is 0.696. The second-order valence-electron chi connectivity index (χ2n) is 19.5. The molecule has 0 heterocycles. The van der Waals surface area contributed by atoms with Crippen molar-refractivity contribution >= 4 is 7.92 Å². The third-order valence-corrected chi connectivity index (χ3v) is 15.5. The molecule has 0 unspecified atom stereocenters. The van der Waals surface area contributed by atoms with Crippen molar-refractivity contribution in [3.63, 3.8) is 0 Å². The zero-order valence-corrected chi connectivity index (χ0v) is 44.4. The van der Waals surface area contributed by atoms with Crippen LogP contribution in [-0.2, 0) is 0 Å². The average molecular weight is 1670 g/mol. The Labute approximate surface area is 501 Å². The van der Waals surface area contributed by atoms with E-state index in [9.17, 15) is 277 Å². The molecule has 0 N–H and O–H groups in total. The van der Waals surface area contributed by atoms with Gasteiger partial charge in [0.2, 0.25) is 0 Å². The molecule has 0 aliphatic heterocycles. The Morgan fingerprint density at radius 1 is 0.110 bits per heavy atom. The number of rotatable bonds is 33. The summed E-state index contributed by atoms with van der Waals surface area (Å²) in [6.07, 6.45) is -52.7. The quantitative estimate of drug-likeness (QED) is 0.0454. The summed E-state index contributed by atoms with van der Waals surface area (Å²) in [5.74, 6) is -262. The number of halogens is 63. The van der Waals surface area contributed by atoms with Crippen LogP contribution < -0.4 is 0 Å². The van der Waals surface area contributed by atoms with Gasteiger partial charge < -0.3 is 0 Å². The highest BCUT2D eigenvalue weighted by molar-refractivity contribution is 7.57. The summed E-state index contributed by atoms with van der Waals surface area (Å²) < 4.78 is 872. The zero-order chi connectivity index (χ0) is 82.8. The van der Waals surface area contributed by atoms with Crippen LogP contribution in [0, 0.1) is 0 Å². The van der Waals surface area contributed by atoms with Gasteiger partial charge in [-0.2, -0.15) is 277 Å². The minimum atomic E-state index is -10.2. The minimum absolute atomic E-state index is 4.10. The lowest BCUT2D eigenvalue weighted by atomic mass is 9.86. The molecule has 0 nitrogen and oxygen atoms in total. The summed E-state index contributed by atoms with van der Waals surface area (Å²) >= 11 is 0. The first kappa shape index (κ1) is 96.0. The van der Waals surface area contributed by atoms with Gasteiger partial charge in [0.25, 0.3) is 0 Å². The van der Waals surface area contributed by atoms with Crippen molar-refractivity contribution in [1.82, 2.24) is 0 Å². The summed E-state index contributed by atoms with van der Waals surface area (Å²) in [6.45, 7) is 0. The lowest BCUT2D eigenvalue weighted by Gasteiger charge is -2.45. The third-order valence-electron chi connectivity index (χ3n) is 13.0. The normalized spacial score (nSPS) is 17.3. The van der Waals surface area contributed by atoms with Crippen molar-refractivity contribution in [3.8, 4) is 0 Å². The van der Waals surface area contributed by atoms with Crippen molar-refractivity contribution in [1.29, 1.82) is 0 Å². The molecular formula is C36H12F63P. The first-order chi connectivity index (χ1) is 42.0. The van der Waals surface area contributed by atoms with Crippen LogP contribution in [0.3, 0.4) is 0 Å². The van der Waals surface area contributed by atoms with E-state index in [2.05, 4.69) is 0 Å². The van der Waals surface area contributed by atoms with Crippen LogP contribution in [0.4, 0.5) is 277 Å². The Balaban J connectivity index is 8.67. The lowest BCUT2D eigenvalue weighted by molar-refractivity contribution is -0.474. The minimum Gasteiger partial charge on any atom is -0.200 e. The molecule has 0 fully saturated rings. The van der Waals surface area contributed by atoms with Crippen LogP contribution in [0.25, 0.3) is 0 Å². The fraction of sp³-hybridized carbons (Fsp3) is 1.00. The molecule has 0 bridgehead atoms. The largest absolute Gasteiger partial charge is 0.460 e. The van der Waals surface area contributed by atoms with Crippen molar-refractivity contribution < 1.29 is 277 Å². The highest BCUT2D eigenvalue weighted by Crippen LogP contribution is 2.72. The number of hydrogen-bond acceptors (Lipinski definition) is 0. The maximum atomic E-state index is 14.8. The van der Waals surface area contributed by atoms with Gasteiger partial charge in [0.05, 0.1) is 0 Å². The van der Waals surface area contributed by atoms with E-state index in [4.69, 9.17) is 0 Å². The van der Waals surface area contributed by atoms with Gasteiger partial charge >= 0.3 is 178 Å². The van der Waals surface area contributed by atoms with Crippen molar-refractivity contribution in [3.05, 3.63) is 0 Å². The van der Waals surface area contributed by atoms with E-state index in [1.807, 2.05) is 0 Å². The molecule has 0 spiro atoms. The monoisotopic (exact) mass is 1670 g/mol. The van der Waals surface area contributed by atoms with E-state index in [1.165, 1.54) is 0 Å². The van der Waals surface area contributed by atoms with Gasteiger partial charge in [-0.1, -0.05) is 0 Å². The molecule has 0 radical (unpaired) electrons. The van der Waals surface area contributed by atoms with Gasteiger partial charge in [-0.3, -0.25) is 0 Å². The highest BCUT2D eigenvalue weighted by atomic mass is 31.1. The summed E-state index contributed by atoms with van der Waals surface area (Å²) in [6, 6.07) is 0.